The van der Waals surface area contributed by atoms with E-state index < -0.39 is 12.2 Å². The van der Waals surface area contributed by atoms with Crippen LogP contribution in [0.5, 0.6) is 0 Å². The number of halogens is 3. The summed E-state index contributed by atoms with van der Waals surface area (Å²) >= 11 is 0. The van der Waals surface area contributed by atoms with E-state index in [4.69, 9.17) is 5.84 Å². The van der Waals surface area contributed by atoms with E-state index in [0.717, 1.165) is 6.42 Å². The third kappa shape index (κ3) is 3.92. The molecule has 0 rings (SSSR count). The topological polar surface area (TPSA) is 38.0 Å². The highest BCUT2D eigenvalue weighted by molar-refractivity contribution is 4.74. The molecule has 0 aliphatic carbocycles. The Morgan fingerprint density at radius 3 is 2.17 bits per heavy atom. The predicted molar refractivity (Wildman–Crippen MR) is 41.2 cm³/mol. The molecular weight excluding hydrogens is 169 g/mol. The van der Waals surface area contributed by atoms with Crippen molar-refractivity contribution >= 4 is 0 Å². The molecule has 0 aliphatic rings. The van der Waals surface area contributed by atoms with Gasteiger partial charge in [0.1, 0.15) is 6.04 Å². The van der Waals surface area contributed by atoms with Gasteiger partial charge >= 0.3 is 6.18 Å². The van der Waals surface area contributed by atoms with Crippen LogP contribution in [0.4, 0.5) is 13.2 Å². The maximum absolute atomic E-state index is 12.1. The summed E-state index contributed by atoms with van der Waals surface area (Å²) in [5, 5.41) is 0. The molecule has 74 valence electrons. The molecule has 0 aromatic rings. The molecule has 0 saturated carbocycles. The van der Waals surface area contributed by atoms with Crippen LogP contribution < -0.4 is 11.3 Å². The number of rotatable bonds is 4. The van der Waals surface area contributed by atoms with Gasteiger partial charge in [0.05, 0.1) is 0 Å². The van der Waals surface area contributed by atoms with Crippen molar-refractivity contribution in [3.8, 4) is 0 Å². The van der Waals surface area contributed by atoms with Crippen LogP contribution in [0.25, 0.3) is 0 Å². The van der Waals surface area contributed by atoms with Crippen LogP contribution in [0, 0.1) is 5.92 Å². The van der Waals surface area contributed by atoms with Gasteiger partial charge in [-0.2, -0.15) is 13.2 Å². The third-order valence-corrected chi connectivity index (χ3v) is 1.93. The summed E-state index contributed by atoms with van der Waals surface area (Å²) in [6, 6.07) is -1.58. The quantitative estimate of drug-likeness (QED) is 0.516. The Balaban J connectivity index is 4.00. The molecule has 0 aromatic carbocycles. The summed E-state index contributed by atoms with van der Waals surface area (Å²) in [6.07, 6.45) is -3.47. The third-order valence-electron chi connectivity index (χ3n) is 1.93. The average Bonchev–Trinajstić information content (AvgIpc) is 1.97. The van der Waals surface area contributed by atoms with Crippen LogP contribution >= 0.6 is 0 Å². The lowest BCUT2D eigenvalue weighted by atomic mass is 9.99. The molecule has 0 heterocycles. The van der Waals surface area contributed by atoms with Crippen LogP contribution in [0.15, 0.2) is 0 Å². The van der Waals surface area contributed by atoms with Gasteiger partial charge in [-0.3, -0.25) is 5.84 Å². The summed E-state index contributed by atoms with van der Waals surface area (Å²) in [4.78, 5) is 0. The number of hydrazine groups is 1. The Bertz CT molecular complexity index is 124. The largest absolute Gasteiger partial charge is 0.405 e. The van der Waals surface area contributed by atoms with Gasteiger partial charge in [-0.15, -0.1) is 0 Å². The van der Waals surface area contributed by atoms with Crippen molar-refractivity contribution in [3.63, 3.8) is 0 Å². The molecule has 2 unspecified atom stereocenters. The summed E-state index contributed by atoms with van der Waals surface area (Å²) < 4.78 is 36.2. The average molecular weight is 184 g/mol. The van der Waals surface area contributed by atoms with Gasteiger partial charge in [-0.25, -0.2) is 5.43 Å². The second kappa shape index (κ2) is 4.67. The van der Waals surface area contributed by atoms with Crippen molar-refractivity contribution in [2.45, 2.75) is 38.9 Å². The molecule has 0 amide bonds. The van der Waals surface area contributed by atoms with Gasteiger partial charge in [-0.1, -0.05) is 20.3 Å². The second-order valence-electron chi connectivity index (χ2n) is 3.01. The fourth-order valence-electron chi connectivity index (χ4n) is 0.865. The molecule has 12 heavy (non-hydrogen) atoms. The van der Waals surface area contributed by atoms with Gasteiger partial charge in [0.2, 0.25) is 0 Å². The number of nitrogens with two attached hydrogens (primary N) is 1. The minimum atomic E-state index is -4.24. The Morgan fingerprint density at radius 1 is 1.42 bits per heavy atom. The molecule has 3 N–H and O–H groups in total. The van der Waals surface area contributed by atoms with Crippen LogP contribution in [-0.4, -0.2) is 12.2 Å². The second-order valence-corrected chi connectivity index (χ2v) is 3.01. The van der Waals surface area contributed by atoms with E-state index in [1.165, 1.54) is 0 Å². The molecule has 0 radical (unpaired) electrons. The van der Waals surface area contributed by atoms with E-state index >= 15 is 0 Å². The highest BCUT2D eigenvalue weighted by atomic mass is 19.4. The molecule has 0 saturated heterocycles. The summed E-state index contributed by atoms with van der Waals surface area (Å²) in [5.41, 5.74) is 1.78. The van der Waals surface area contributed by atoms with Crippen molar-refractivity contribution < 1.29 is 13.2 Å². The Labute approximate surface area is 70.3 Å². The lowest BCUT2D eigenvalue weighted by Crippen LogP contribution is -2.46. The smallest absolute Gasteiger partial charge is 0.271 e. The summed E-state index contributed by atoms with van der Waals surface area (Å²) in [7, 11) is 0. The molecule has 0 spiro atoms. The van der Waals surface area contributed by atoms with Crippen molar-refractivity contribution in [3.05, 3.63) is 0 Å². The van der Waals surface area contributed by atoms with Gasteiger partial charge < -0.3 is 0 Å². The maximum atomic E-state index is 12.1. The van der Waals surface area contributed by atoms with Crippen LogP contribution in [-0.2, 0) is 0 Å². The lowest BCUT2D eigenvalue weighted by Gasteiger charge is -2.21. The maximum Gasteiger partial charge on any atom is 0.405 e. The Kier molecular flexibility index (Phi) is 4.55. The first-order chi connectivity index (χ1) is 5.41. The summed E-state index contributed by atoms with van der Waals surface area (Å²) in [5.74, 6) is 4.83. The zero-order chi connectivity index (χ0) is 9.78. The van der Waals surface area contributed by atoms with Crippen LogP contribution in [0.1, 0.15) is 26.7 Å². The van der Waals surface area contributed by atoms with E-state index in [0.29, 0.717) is 0 Å². The standard InChI is InChI=1S/C7H15F3N2/c1-3-5(2)4-6(12-11)7(8,9)10/h5-6,12H,3-4,11H2,1-2H3. The monoisotopic (exact) mass is 184 g/mol. The zero-order valence-corrected chi connectivity index (χ0v) is 7.28. The van der Waals surface area contributed by atoms with E-state index in [9.17, 15) is 13.2 Å². The molecule has 0 aliphatic heterocycles. The SMILES string of the molecule is CCC(C)CC(NN)C(F)(F)F. The molecular formula is C7H15F3N2. The van der Waals surface area contributed by atoms with Gasteiger partial charge in [-0.05, 0) is 12.3 Å². The first-order valence-electron chi connectivity index (χ1n) is 3.94. The van der Waals surface area contributed by atoms with Crippen LogP contribution in [0.3, 0.4) is 0 Å². The first-order valence-corrected chi connectivity index (χ1v) is 3.94. The molecule has 0 fully saturated rings. The lowest BCUT2D eigenvalue weighted by molar-refractivity contribution is -0.159. The van der Waals surface area contributed by atoms with Crippen molar-refractivity contribution in [1.82, 2.24) is 5.43 Å². The Morgan fingerprint density at radius 2 is 1.92 bits per heavy atom. The number of hydrogen-bond donors (Lipinski definition) is 2. The van der Waals surface area contributed by atoms with Gasteiger partial charge in [0.25, 0.3) is 0 Å². The number of alkyl halides is 3. The molecule has 0 bridgehead atoms. The zero-order valence-electron chi connectivity index (χ0n) is 7.28. The predicted octanol–water partition coefficient (Wildman–Crippen LogP) is 1.82. The van der Waals surface area contributed by atoms with E-state index in [-0.39, 0.29) is 12.3 Å². The van der Waals surface area contributed by atoms with E-state index in [1.807, 2.05) is 6.92 Å². The Hall–Kier alpha value is -0.290. The van der Waals surface area contributed by atoms with Crippen molar-refractivity contribution in [2.75, 3.05) is 0 Å². The highest BCUT2D eigenvalue weighted by Crippen LogP contribution is 2.25. The van der Waals surface area contributed by atoms with E-state index in [2.05, 4.69) is 0 Å². The van der Waals surface area contributed by atoms with Gasteiger partial charge in [0.15, 0.2) is 0 Å². The molecule has 5 heteroatoms. The van der Waals surface area contributed by atoms with Crippen molar-refractivity contribution in [1.29, 1.82) is 0 Å². The normalized spacial score (nSPS) is 17.5. The number of hydrogen-bond acceptors (Lipinski definition) is 2. The van der Waals surface area contributed by atoms with Crippen LogP contribution in [0.2, 0.25) is 0 Å². The van der Waals surface area contributed by atoms with Crippen molar-refractivity contribution in [2.24, 2.45) is 11.8 Å². The fraction of sp³-hybridized carbons (Fsp3) is 1.00. The van der Waals surface area contributed by atoms with Gasteiger partial charge in [0, 0.05) is 0 Å². The number of nitrogens with one attached hydrogen (secondary N) is 1. The minimum Gasteiger partial charge on any atom is -0.271 e. The first kappa shape index (κ1) is 11.7. The fourth-order valence-corrected chi connectivity index (χ4v) is 0.865. The molecule has 2 atom stereocenters. The van der Waals surface area contributed by atoms with E-state index in [1.54, 1.807) is 12.3 Å². The highest BCUT2D eigenvalue weighted by Gasteiger charge is 2.39. The summed E-state index contributed by atoms with van der Waals surface area (Å²) in [6.45, 7) is 3.63. The molecule has 0 aromatic heterocycles. The minimum absolute atomic E-state index is 0.0349. The molecule has 2 nitrogen and oxygen atoms in total.